The Bertz CT molecular complexity index is 1480. The van der Waals surface area contributed by atoms with Crippen molar-refractivity contribution in [1.82, 2.24) is 9.80 Å². The summed E-state index contributed by atoms with van der Waals surface area (Å²) < 4.78 is 14.5. The van der Waals surface area contributed by atoms with Crippen molar-refractivity contribution < 1.29 is 14.0 Å². The van der Waals surface area contributed by atoms with E-state index < -0.39 is 11.4 Å². The largest absolute Gasteiger partial charge is 0.355 e. The van der Waals surface area contributed by atoms with Crippen LogP contribution in [-0.2, 0) is 9.59 Å². The second-order valence-corrected chi connectivity index (χ2v) is 13.0. The monoisotopic (exact) mass is 634 g/mol. The van der Waals surface area contributed by atoms with Crippen LogP contribution in [0.1, 0.15) is 81.2 Å². The first-order chi connectivity index (χ1) is 21.5. The van der Waals surface area contributed by atoms with E-state index in [-0.39, 0.29) is 23.6 Å². The van der Waals surface area contributed by atoms with Crippen molar-refractivity contribution in [2.45, 2.75) is 88.1 Å². The third-order valence-electron chi connectivity index (χ3n) is 7.99. The van der Waals surface area contributed by atoms with Gasteiger partial charge in [0.2, 0.25) is 0 Å². The second-order valence-electron chi connectivity index (χ2n) is 13.0. The van der Waals surface area contributed by atoms with Crippen LogP contribution < -0.4 is 4.90 Å². The summed E-state index contributed by atoms with van der Waals surface area (Å²) in [4.78, 5) is 51.9. The highest BCUT2D eigenvalue weighted by Crippen LogP contribution is 2.42. The van der Waals surface area contributed by atoms with E-state index >= 15 is 0 Å². The molecule has 1 aromatic rings. The van der Waals surface area contributed by atoms with Gasteiger partial charge in [0.15, 0.2) is 0 Å². The summed E-state index contributed by atoms with van der Waals surface area (Å²) in [7, 11) is 0. The maximum absolute atomic E-state index is 14.5. The standard InChI is InChI=1S/C36H51FN6O3/c1-12-16-30(39-33-26(6)42(24-36(33,10)11)28-18-17-25(5)29(37)22-28)34(45)43(35(7,8)9)20-19-41(15-4)31(14-3)38-23-27(13-2)21-32(44)40-46/h12-14,16-18,22-23H,15,19-21,24H2,1-11H3/b16-12+,27-13-,31-14+,38-23+,39-30?. The Morgan fingerprint density at radius 3 is 2.28 bits per heavy atom. The van der Waals surface area contributed by atoms with Crippen LogP contribution in [0.25, 0.3) is 0 Å². The number of carbonyl (C=O) groups excluding carboxylic acids is 2. The number of allylic oxidation sites excluding steroid dienone is 4. The summed E-state index contributed by atoms with van der Waals surface area (Å²) in [6.07, 6.45) is 8.61. The summed E-state index contributed by atoms with van der Waals surface area (Å²) in [6, 6.07) is 5.23. The molecule has 250 valence electrons. The van der Waals surface area contributed by atoms with Gasteiger partial charge in [0.1, 0.15) is 17.3 Å². The van der Waals surface area contributed by atoms with Gasteiger partial charge in [-0.1, -0.05) is 32.1 Å². The lowest BCUT2D eigenvalue weighted by molar-refractivity contribution is -0.128. The van der Waals surface area contributed by atoms with Gasteiger partial charge in [-0.3, -0.25) is 9.59 Å². The Labute approximate surface area is 274 Å². The van der Waals surface area contributed by atoms with Gasteiger partial charge in [-0.15, -0.1) is 4.91 Å². The highest BCUT2D eigenvalue weighted by molar-refractivity contribution is 6.43. The number of halogens is 1. The molecule has 0 atom stereocenters. The van der Waals surface area contributed by atoms with Crippen LogP contribution in [0, 0.1) is 23.1 Å². The molecule has 0 radical (unpaired) electrons. The van der Waals surface area contributed by atoms with Crippen LogP contribution in [-0.4, -0.2) is 65.3 Å². The zero-order valence-electron chi connectivity index (χ0n) is 29.4. The van der Waals surface area contributed by atoms with Crippen molar-refractivity contribution in [2.24, 2.45) is 20.6 Å². The molecule has 1 heterocycles. The number of amides is 2. The molecule has 0 unspecified atom stereocenters. The minimum absolute atomic E-state index is 0.113. The SMILES string of the molecule is C\C=C(/C=N/C(=C\C)N(CC)CCN(C(=O)C(/C=C/C)=NC1=C(C)N(c2ccc(C)c(F)c2)CC1(C)C)C(C)(C)C)CC(=O)N=O. The summed E-state index contributed by atoms with van der Waals surface area (Å²) in [5.74, 6) is -0.529. The molecule has 9 nitrogen and oxygen atoms in total. The highest BCUT2D eigenvalue weighted by atomic mass is 19.1. The molecule has 10 heteroatoms. The third-order valence-corrected chi connectivity index (χ3v) is 7.99. The number of rotatable bonds is 13. The van der Waals surface area contributed by atoms with Gasteiger partial charge in [0.05, 0.1) is 12.1 Å². The predicted octanol–water partition coefficient (Wildman–Crippen LogP) is 7.74. The first-order valence-electron chi connectivity index (χ1n) is 15.8. The maximum atomic E-state index is 14.5. The van der Waals surface area contributed by atoms with Gasteiger partial charge < -0.3 is 14.7 Å². The Balaban J connectivity index is 2.43. The average molecular weight is 635 g/mol. The zero-order valence-corrected chi connectivity index (χ0v) is 29.4. The number of benzene rings is 1. The Morgan fingerprint density at radius 2 is 1.76 bits per heavy atom. The van der Waals surface area contributed by atoms with E-state index in [1.165, 1.54) is 0 Å². The fourth-order valence-corrected chi connectivity index (χ4v) is 5.36. The third kappa shape index (κ3) is 9.64. The van der Waals surface area contributed by atoms with Crippen molar-refractivity contribution in [2.75, 3.05) is 31.1 Å². The van der Waals surface area contributed by atoms with Crippen LogP contribution in [0.4, 0.5) is 10.1 Å². The number of aryl methyl sites for hydroxylation is 1. The minimum atomic E-state index is -0.754. The molecule has 2 rings (SSSR count). The van der Waals surface area contributed by atoms with Gasteiger partial charge in [-0.05, 0) is 97.7 Å². The number of nitroso groups, excluding NO2 is 1. The molecule has 0 spiro atoms. The van der Waals surface area contributed by atoms with E-state index in [4.69, 9.17) is 4.99 Å². The lowest BCUT2D eigenvalue weighted by Crippen LogP contribution is -2.51. The van der Waals surface area contributed by atoms with Crippen molar-refractivity contribution in [1.29, 1.82) is 0 Å². The molecule has 0 fully saturated rings. The smallest absolute Gasteiger partial charge is 0.290 e. The van der Waals surface area contributed by atoms with E-state index in [2.05, 4.69) is 28.9 Å². The molecule has 2 amide bonds. The summed E-state index contributed by atoms with van der Waals surface area (Å²) >= 11 is 0. The molecule has 1 aromatic carbocycles. The molecule has 0 aromatic heterocycles. The number of anilines is 1. The molecular weight excluding hydrogens is 583 g/mol. The zero-order chi connectivity index (χ0) is 34.8. The second kappa shape index (κ2) is 16.4. The van der Waals surface area contributed by atoms with E-state index in [1.54, 1.807) is 44.3 Å². The Kier molecular flexibility index (Phi) is 13.5. The van der Waals surface area contributed by atoms with Gasteiger partial charge in [-0.25, -0.2) is 14.4 Å². The molecule has 0 bridgehead atoms. The van der Waals surface area contributed by atoms with Crippen molar-refractivity contribution >= 4 is 29.4 Å². The van der Waals surface area contributed by atoms with E-state index in [0.717, 1.165) is 17.1 Å². The number of nitrogens with zero attached hydrogens (tertiary/aromatic N) is 6. The molecule has 1 aliphatic rings. The van der Waals surface area contributed by atoms with Crippen LogP contribution in [0.2, 0.25) is 0 Å². The molecule has 0 aliphatic carbocycles. The lowest BCUT2D eigenvalue weighted by atomic mass is 9.91. The molecule has 0 N–H and O–H groups in total. The minimum Gasteiger partial charge on any atom is -0.355 e. The van der Waals surface area contributed by atoms with Gasteiger partial charge in [-0.2, -0.15) is 0 Å². The Hall–Kier alpha value is -4.21. The number of aliphatic imine (C=N–C) groups is 2. The van der Waals surface area contributed by atoms with Gasteiger partial charge in [0, 0.05) is 59.9 Å². The molecule has 46 heavy (non-hydrogen) atoms. The summed E-state index contributed by atoms with van der Waals surface area (Å²) in [6.45, 7) is 23.5. The molecule has 0 saturated carbocycles. The molecule has 0 saturated heterocycles. The topological polar surface area (TPSA) is 98.0 Å². The van der Waals surface area contributed by atoms with E-state index in [9.17, 15) is 18.9 Å². The lowest BCUT2D eigenvalue weighted by Gasteiger charge is -2.37. The molecular formula is C36H51FN6O3. The first kappa shape index (κ1) is 38.0. The fourth-order valence-electron chi connectivity index (χ4n) is 5.36. The normalized spacial score (nSPS) is 16.2. The molecule has 1 aliphatic heterocycles. The maximum Gasteiger partial charge on any atom is 0.290 e. The predicted molar refractivity (Wildman–Crippen MR) is 187 cm³/mol. The van der Waals surface area contributed by atoms with Crippen LogP contribution in [0.5, 0.6) is 0 Å². The quantitative estimate of drug-likeness (QED) is 0.163. The van der Waals surface area contributed by atoms with Gasteiger partial charge in [0.25, 0.3) is 11.8 Å². The first-order valence-corrected chi connectivity index (χ1v) is 15.8. The summed E-state index contributed by atoms with van der Waals surface area (Å²) in [5.41, 5.74) is 3.02. The average Bonchev–Trinajstić information content (AvgIpc) is 3.23. The van der Waals surface area contributed by atoms with Crippen molar-refractivity contribution in [3.05, 3.63) is 81.6 Å². The summed E-state index contributed by atoms with van der Waals surface area (Å²) in [5, 5.41) is 2.47. The van der Waals surface area contributed by atoms with E-state index in [1.807, 2.05) is 76.5 Å². The Morgan fingerprint density at radius 1 is 1.09 bits per heavy atom. The highest BCUT2D eigenvalue weighted by Gasteiger charge is 2.38. The van der Waals surface area contributed by atoms with Crippen LogP contribution in [0.3, 0.4) is 0 Å². The number of carbonyl (C=O) groups is 2. The van der Waals surface area contributed by atoms with Crippen molar-refractivity contribution in [3.8, 4) is 0 Å². The van der Waals surface area contributed by atoms with Crippen LogP contribution in [0.15, 0.2) is 80.5 Å². The fraction of sp³-hybridized carbons (Fsp3) is 0.500. The number of likely N-dealkylation sites (N-methyl/N-ethyl adjacent to an activating group) is 1. The van der Waals surface area contributed by atoms with Gasteiger partial charge >= 0.3 is 0 Å². The van der Waals surface area contributed by atoms with E-state index in [0.29, 0.717) is 48.8 Å². The van der Waals surface area contributed by atoms with Crippen LogP contribution >= 0.6 is 0 Å². The van der Waals surface area contributed by atoms with Crippen molar-refractivity contribution in [3.63, 3.8) is 0 Å². The number of hydrogen-bond donors (Lipinski definition) is 0. The number of hydrogen-bond acceptors (Lipinski definition) is 7.